The van der Waals surface area contributed by atoms with Gasteiger partial charge in [0.15, 0.2) is 11.5 Å². The standard InChI is InChI=1S/C18H19N5O2.CH2O2/c1-13-11-15(21-25-13)18(24)22-8-7-17-19-16(20-23(17)10-9-22)12-14-5-3-2-4-6-14;2-1-3/h2-6,11H,7-10,12H2,1H3;1H,(H,2,3). The molecule has 9 nitrogen and oxygen atoms in total. The van der Waals surface area contributed by atoms with E-state index >= 15 is 0 Å². The molecule has 2 aromatic heterocycles. The van der Waals surface area contributed by atoms with Crippen LogP contribution >= 0.6 is 0 Å². The van der Waals surface area contributed by atoms with Gasteiger partial charge in [0, 0.05) is 32.0 Å². The van der Waals surface area contributed by atoms with Crippen LogP contribution in [0.15, 0.2) is 40.9 Å². The molecular weight excluding hydrogens is 362 g/mol. The van der Waals surface area contributed by atoms with Crippen molar-refractivity contribution < 1.29 is 19.2 Å². The molecule has 146 valence electrons. The number of carbonyl (C=O) groups excluding carboxylic acids is 1. The minimum absolute atomic E-state index is 0.105. The summed E-state index contributed by atoms with van der Waals surface area (Å²) in [4.78, 5) is 27.3. The van der Waals surface area contributed by atoms with Crippen LogP contribution < -0.4 is 0 Å². The van der Waals surface area contributed by atoms with Crippen molar-refractivity contribution in [3.63, 3.8) is 0 Å². The van der Waals surface area contributed by atoms with Crippen LogP contribution in [0.25, 0.3) is 0 Å². The van der Waals surface area contributed by atoms with Crippen LogP contribution in [0.3, 0.4) is 0 Å². The highest BCUT2D eigenvalue weighted by Gasteiger charge is 2.23. The van der Waals surface area contributed by atoms with Crippen molar-refractivity contribution in [2.45, 2.75) is 26.3 Å². The van der Waals surface area contributed by atoms with E-state index in [-0.39, 0.29) is 12.4 Å². The first-order chi connectivity index (χ1) is 13.6. The lowest BCUT2D eigenvalue weighted by atomic mass is 10.1. The number of carbonyl (C=O) groups is 2. The fourth-order valence-corrected chi connectivity index (χ4v) is 3.04. The van der Waals surface area contributed by atoms with Gasteiger partial charge in [0.1, 0.15) is 11.6 Å². The van der Waals surface area contributed by atoms with Gasteiger partial charge in [-0.05, 0) is 12.5 Å². The number of rotatable bonds is 3. The topological polar surface area (TPSA) is 114 Å². The van der Waals surface area contributed by atoms with Gasteiger partial charge in [0.05, 0.1) is 6.54 Å². The molecule has 9 heteroatoms. The van der Waals surface area contributed by atoms with E-state index in [0.29, 0.717) is 37.5 Å². The van der Waals surface area contributed by atoms with Crippen LogP contribution in [0.2, 0.25) is 0 Å². The van der Waals surface area contributed by atoms with E-state index in [1.807, 2.05) is 22.9 Å². The summed E-state index contributed by atoms with van der Waals surface area (Å²) >= 11 is 0. The SMILES string of the molecule is Cc1cc(C(=O)N2CCc3nc(Cc4ccccc4)nn3CC2)no1.O=CO. The fraction of sp³-hybridized carbons (Fsp3) is 0.316. The molecular formula is C19H21N5O4. The second-order valence-electron chi connectivity index (χ2n) is 6.30. The number of aryl methyl sites for hydroxylation is 1. The third-order valence-electron chi connectivity index (χ3n) is 4.32. The number of benzene rings is 1. The predicted molar refractivity (Wildman–Crippen MR) is 98.8 cm³/mol. The zero-order valence-electron chi connectivity index (χ0n) is 15.5. The molecule has 0 aliphatic carbocycles. The average molecular weight is 383 g/mol. The fourth-order valence-electron chi connectivity index (χ4n) is 3.04. The first-order valence-corrected chi connectivity index (χ1v) is 8.87. The number of hydrogen-bond donors (Lipinski definition) is 1. The van der Waals surface area contributed by atoms with E-state index < -0.39 is 0 Å². The van der Waals surface area contributed by atoms with Crippen molar-refractivity contribution in [3.05, 3.63) is 65.1 Å². The third-order valence-corrected chi connectivity index (χ3v) is 4.32. The predicted octanol–water partition coefficient (Wildman–Crippen LogP) is 1.56. The van der Waals surface area contributed by atoms with Crippen molar-refractivity contribution in [2.75, 3.05) is 13.1 Å². The summed E-state index contributed by atoms with van der Waals surface area (Å²) in [5.74, 6) is 2.29. The second kappa shape index (κ2) is 8.94. The van der Waals surface area contributed by atoms with Gasteiger partial charge >= 0.3 is 0 Å². The molecule has 1 N–H and O–H groups in total. The summed E-state index contributed by atoms with van der Waals surface area (Å²) in [5, 5.41) is 15.3. The largest absolute Gasteiger partial charge is 0.483 e. The van der Waals surface area contributed by atoms with Crippen molar-refractivity contribution >= 4 is 12.4 Å². The van der Waals surface area contributed by atoms with Crippen LogP contribution in [0.4, 0.5) is 0 Å². The zero-order chi connectivity index (χ0) is 19.9. The lowest BCUT2D eigenvalue weighted by Crippen LogP contribution is -2.34. The van der Waals surface area contributed by atoms with Crippen LogP contribution in [0.5, 0.6) is 0 Å². The Balaban J connectivity index is 0.000000706. The Hall–Kier alpha value is -3.49. The highest BCUT2D eigenvalue weighted by molar-refractivity contribution is 5.92. The molecule has 1 aliphatic rings. The van der Waals surface area contributed by atoms with Crippen molar-refractivity contribution in [1.29, 1.82) is 0 Å². The molecule has 1 aromatic carbocycles. The Morgan fingerprint density at radius 1 is 1.25 bits per heavy atom. The van der Waals surface area contributed by atoms with Crippen molar-refractivity contribution in [2.24, 2.45) is 0 Å². The summed E-state index contributed by atoms with van der Waals surface area (Å²) in [6.45, 7) is 3.36. The highest BCUT2D eigenvalue weighted by Crippen LogP contribution is 2.13. The van der Waals surface area contributed by atoms with Gasteiger partial charge in [-0.15, -0.1) is 0 Å². The number of carboxylic acid groups (broad SMARTS) is 1. The van der Waals surface area contributed by atoms with Gasteiger partial charge in [0.25, 0.3) is 12.4 Å². The Morgan fingerprint density at radius 2 is 2.00 bits per heavy atom. The molecule has 1 amide bonds. The maximum atomic E-state index is 12.5. The highest BCUT2D eigenvalue weighted by atomic mass is 16.5. The van der Waals surface area contributed by atoms with E-state index in [0.717, 1.165) is 18.1 Å². The lowest BCUT2D eigenvalue weighted by molar-refractivity contribution is -0.122. The molecule has 28 heavy (non-hydrogen) atoms. The Kier molecular flexibility index (Phi) is 6.15. The van der Waals surface area contributed by atoms with Crippen molar-refractivity contribution in [1.82, 2.24) is 24.8 Å². The van der Waals surface area contributed by atoms with Crippen LogP contribution in [-0.2, 0) is 24.2 Å². The summed E-state index contributed by atoms with van der Waals surface area (Å²) < 4.78 is 6.92. The average Bonchev–Trinajstić information content (AvgIpc) is 3.24. The molecule has 0 spiro atoms. The van der Waals surface area contributed by atoms with E-state index in [9.17, 15) is 4.79 Å². The number of nitrogens with zero attached hydrogens (tertiary/aromatic N) is 5. The van der Waals surface area contributed by atoms with Crippen molar-refractivity contribution in [3.8, 4) is 0 Å². The molecule has 0 saturated carbocycles. The molecule has 3 heterocycles. The van der Waals surface area contributed by atoms with Gasteiger partial charge in [-0.2, -0.15) is 5.10 Å². The maximum absolute atomic E-state index is 12.5. The van der Waals surface area contributed by atoms with Gasteiger partial charge in [0.2, 0.25) is 0 Å². The number of aromatic nitrogens is 4. The number of amides is 1. The molecule has 0 atom stereocenters. The molecule has 1 aliphatic heterocycles. The Morgan fingerprint density at radius 3 is 2.68 bits per heavy atom. The molecule has 0 bridgehead atoms. The van der Waals surface area contributed by atoms with E-state index in [2.05, 4.69) is 27.4 Å². The van der Waals surface area contributed by atoms with E-state index in [1.165, 1.54) is 5.56 Å². The summed E-state index contributed by atoms with van der Waals surface area (Å²) in [6.07, 6.45) is 1.41. The van der Waals surface area contributed by atoms with Crippen LogP contribution in [0.1, 0.15) is 33.5 Å². The van der Waals surface area contributed by atoms with E-state index in [1.54, 1.807) is 17.9 Å². The first kappa shape index (κ1) is 19.3. The molecule has 4 rings (SSSR count). The van der Waals surface area contributed by atoms with Gasteiger partial charge in [-0.1, -0.05) is 35.5 Å². The monoisotopic (exact) mass is 383 g/mol. The molecule has 0 unspecified atom stereocenters. The Bertz CT molecular complexity index is 909. The van der Waals surface area contributed by atoms with Crippen LogP contribution in [-0.4, -0.2) is 55.4 Å². The van der Waals surface area contributed by atoms with E-state index in [4.69, 9.17) is 14.4 Å². The van der Waals surface area contributed by atoms with Gasteiger partial charge in [-0.25, -0.2) is 9.67 Å². The lowest BCUT2D eigenvalue weighted by Gasteiger charge is -2.18. The summed E-state index contributed by atoms with van der Waals surface area (Å²) in [5.41, 5.74) is 1.55. The van der Waals surface area contributed by atoms with Gasteiger partial charge in [-0.3, -0.25) is 9.59 Å². The second-order valence-corrected chi connectivity index (χ2v) is 6.30. The third kappa shape index (κ3) is 4.61. The quantitative estimate of drug-likeness (QED) is 0.683. The van der Waals surface area contributed by atoms with Gasteiger partial charge < -0.3 is 14.5 Å². The number of hydrogen-bond acceptors (Lipinski definition) is 6. The molecule has 0 fully saturated rings. The Labute approximate surface area is 161 Å². The van der Waals surface area contributed by atoms with Crippen LogP contribution in [0, 0.1) is 6.92 Å². The minimum Gasteiger partial charge on any atom is -0.483 e. The smallest absolute Gasteiger partial charge is 0.290 e. The molecule has 0 radical (unpaired) electrons. The maximum Gasteiger partial charge on any atom is 0.290 e. The minimum atomic E-state index is -0.250. The first-order valence-electron chi connectivity index (χ1n) is 8.87. The normalized spacial score (nSPS) is 13.1. The molecule has 3 aromatic rings. The summed E-state index contributed by atoms with van der Waals surface area (Å²) in [7, 11) is 0. The summed E-state index contributed by atoms with van der Waals surface area (Å²) in [6, 6.07) is 11.9. The number of fused-ring (bicyclic) bond motifs is 1. The molecule has 0 saturated heterocycles. The zero-order valence-corrected chi connectivity index (χ0v) is 15.5.